The van der Waals surface area contributed by atoms with Gasteiger partial charge in [0.15, 0.2) is 0 Å². The van der Waals surface area contributed by atoms with Crippen LogP contribution in [0.5, 0.6) is 0 Å². The molecule has 0 bridgehead atoms. The van der Waals surface area contributed by atoms with E-state index >= 15 is 0 Å². The molecule has 0 aromatic rings. The Morgan fingerprint density at radius 1 is 1.50 bits per heavy atom. The molecule has 1 aliphatic heterocycles. The summed E-state index contributed by atoms with van der Waals surface area (Å²) in [5, 5.41) is 0. The molecule has 1 aliphatic carbocycles. The average molecular weight is 139 g/mol. The summed E-state index contributed by atoms with van der Waals surface area (Å²) < 4.78 is 0. The molecule has 0 radical (unpaired) electrons. The minimum absolute atomic E-state index is 0.343. The predicted molar refractivity (Wildman–Crippen MR) is 38.8 cm³/mol. The molecule has 2 nitrogen and oxygen atoms in total. The van der Waals surface area contributed by atoms with Crippen LogP contribution in [-0.2, 0) is 4.79 Å². The molecule has 0 aromatic heterocycles. The molecule has 2 fully saturated rings. The van der Waals surface area contributed by atoms with Crippen molar-refractivity contribution in [3.05, 3.63) is 0 Å². The van der Waals surface area contributed by atoms with Crippen LogP contribution in [0.3, 0.4) is 0 Å². The van der Waals surface area contributed by atoms with Crippen LogP contribution in [0.25, 0.3) is 0 Å². The summed E-state index contributed by atoms with van der Waals surface area (Å²) in [4.78, 5) is 13.4. The van der Waals surface area contributed by atoms with E-state index in [1.165, 1.54) is 12.8 Å². The van der Waals surface area contributed by atoms with Crippen LogP contribution in [0, 0.1) is 0 Å². The molecular formula is C8H13NO. The Hall–Kier alpha value is -0.370. The maximum atomic E-state index is 11.0. The Kier molecular flexibility index (Phi) is 1.15. The predicted octanol–water partition coefficient (Wildman–Crippen LogP) is 0.814. The topological polar surface area (TPSA) is 20.3 Å². The van der Waals surface area contributed by atoms with Crippen LogP contribution < -0.4 is 0 Å². The second-order valence-corrected chi connectivity index (χ2v) is 3.61. The van der Waals surface area contributed by atoms with Crippen molar-refractivity contribution < 1.29 is 4.79 Å². The first kappa shape index (κ1) is 6.35. The summed E-state index contributed by atoms with van der Waals surface area (Å²) in [5.41, 5.74) is 0.343. The van der Waals surface area contributed by atoms with Crippen molar-refractivity contribution in [1.29, 1.82) is 0 Å². The lowest BCUT2D eigenvalue weighted by atomic mass is 10.00. The summed E-state index contributed by atoms with van der Waals surface area (Å²) in [6, 6.07) is 0. The summed E-state index contributed by atoms with van der Waals surface area (Å²) >= 11 is 0. The van der Waals surface area contributed by atoms with E-state index in [1.807, 2.05) is 0 Å². The molecule has 1 saturated carbocycles. The van der Waals surface area contributed by atoms with E-state index in [0.717, 1.165) is 19.4 Å². The minimum Gasteiger partial charge on any atom is -0.300 e. The molecule has 2 rings (SSSR count). The molecule has 10 heavy (non-hydrogen) atoms. The number of Topliss-reactive ketones (excluding diaryl/α,β-unsaturated/α-hetero) is 1. The van der Waals surface area contributed by atoms with E-state index in [0.29, 0.717) is 11.3 Å². The fourth-order valence-electron chi connectivity index (χ4n) is 1.82. The Morgan fingerprint density at radius 3 is 2.70 bits per heavy atom. The Morgan fingerprint density at radius 2 is 2.20 bits per heavy atom. The van der Waals surface area contributed by atoms with Crippen LogP contribution in [0.2, 0.25) is 0 Å². The monoisotopic (exact) mass is 139 g/mol. The van der Waals surface area contributed by atoms with Crippen molar-refractivity contribution in [3.63, 3.8) is 0 Å². The van der Waals surface area contributed by atoms with Gasteiger partial charge in [-0.25, -0.2) is 0 Å². The van der Waals surface area contributed by atoms with E-state index in [2.05, 4.69) is 11.9 Å². The zero-order chi connectivity index (χ0) is 7.19. The average Bonchev–Trinajstić information content (AvgIpc) is 2.62. The Labute approximate surface area is 61.2 Å². The normalized spacial score (nSPS) is 31.1. The van der Waals surface area contributed by atoms with Gasteiger partial charge in [0.2, 0.25) is 0 Å². The Balaban J connectivity index is 2.10. The van der Waals surface area contributed by atoms with Gasteiger partial charge in [0, 0.05) is 24.9 Å². The van der Waals surface area contributed by atoms with Crippen molar-refractivity contribution >= 4 is 5.78 Å². The number of carbonyl (C=O) groups is 1. The minimum atomic E-state index is 0.343. The number of nitrogens with zero attached hydrogens (tertiary/aromatic N) is 1. The van der Waals surface area contributed by atoms with Crippen molar-refractivity contribution in [2.24, 2.45) is 0 Å². The zero-order valence-electron chi connectivity index (χ0n) is 6.39. The quantitative estimate of drug-likeness (QED) is 0.495. The number of likely N-dealkylation sites (tertiary alicyclic amines) is 1. The van der Waals surface area contributed by atoms with E-state index in [4.69, 9.17) is 0 Å². The lowest BCUT2D eigenvalue weighted by molar-refractivity contribution is -0.123. The van der Waals surface area contributed by atoms with Gasteiger partial charge in [0.25, 0.3) is 0 Å². The van der Waals surface area contributed by atoms with Gasteiger partial charge >= 0.3 is 0 Å². The van der Waals surface area contributed by atoms with E-state index in [9.17, 15) is 4.79 Å². The van der Waals surface area contributed by atoms with Crippen molar-refractivity contribution in [2.75, 3.05) is 13.6 Å². The van der Waals surface area contributed by atoms with Crippen LogP contribution in [0.1, 0.15) is 25.7 Å². The molecule has 56 valence electrons. The van der Waals surface area contributed by atoms with Gasteiger partial charge in [-0.15, -0.1) is 0 Å². The third kappa shape index (κ3) is 0.788. The molecule has 0 atom stereocenters. The first-order valence-electron chi connectivity index (χ1n) is 3.96. The number of carbonyl (C=O) groups excluding carboxylic acids is 1. The summed E-state index contributed by atoms with van der Waals surface area (Å²) in [7, 11) is 2.14. The largest absolute Gasteiger partial charge is 0.300 e. The number of ketones is 1. The van der Waals surface area contributed by atoms with Crippen molar-refractivity contribution in [2.45, 2.75) is 31.2 Å². The smallest absolute Gasteiger partial charge is 0.136 e. The molecule has 0 aromatic carbocycles. The highest BCUT2D eigenvalue weighted by atomic mass is 16.1. The van der Waals surface area contributed by atoms with Crippen LogP contribution >= 0.6 is 0 Å². The molecule has 0 N–H and O–H groups in total. The van der Waals surface area contributed by atoms with Gasteiger partial charge in [-0.2, -0.15) is 0 Å². The molecule has 1 spiro atoms. The number of hydrogen-bond acceptors (Lipinski definition) is 2. The fraction of sp³-hybridized carbons (Fsp3) is 0.875. The maximum Gasteiger partial charge on any atom is 0.136 e. The molecular weight excluding hydrogens is 126 g/mol. The van der Waals surface area contributed by atoms with Gasteiger partial charge in [-0.05, 0) is 19.9 Å². The number of rotatable bonds is 0. The SMILES string of the molecule is CN1CCC(=O)CC12CC2. The van der Waals surface area contributed by atoms with E-state index in [-0.39, 0.29) is 0 Å². The third-order valence-corrected chi connectivity index (χ3v) is 2.89. The molecule has 1 saturated heterocycles. The van der Waals surface area contributed by atoms with Crippen molar-refractivity contribution in [1.82, 2.24) is 4.90 Å². The standard InChI is InChI=1S/C8H13NO/c1-9-5-2-7(10)6-8(9)3-4-8/h2-6H2,1H3. The summed E-state index contributed by atoms with van der Waals surface area (Å²) in [6.45, 7) is 0.985. The summed E-state index contributed by atoms with van der Waals surface area (Å²) in [6.07, 6.45) is 4.09. The number of hydrogen-bond donors (Lipinski definition) is 0. The zero-order valence-corrected chi connectivity index (χ0v) is 6.39. The second-order valence-electron chi connectivity index (χ2n) is 3.61. The van der Waals surface area contributed by atoms with Crippen LogP contribution in [0.4, 0.5) is 0 Å². The highest BCUT2D eigenvalue weighted by molar-refractivity contribution is 5.81. The van der Waals surface area contributed by atoms with Gasteiger partial charge < -0.3 is 0 Å². The Bertz CT molecular complexity index is 172. The summed E-state index contributed by atoms with van der Waals surface area (Å²) in [5.74, 6) is 0.468. The maximum absolute atomic E-state index is 11.0. The molecule has 2 heteroatoms. The molecule has 2 aliphatic rings. The van der Waals surface area contributed by atoms with Gasteiger partial charge in [0.1, 0.15) is 5.78 Å². The first-order valence-corrected chi connectivity index (χ1v) is 3.96. The number of piperidine rings is 1. The van der Waals surface area contributed by atoms with Crippen molar-refractivity contribution in [3.8, 4) is 0 Å². The molecule has 0 amide bonds. The lowest BCUT2D eigenvalue weighted by Gasteiger charge is -2.31. The van der Waals surface area contributed by atoms with Gasteiger partial charge in [-0.3, -0.25) is 9.69 Å². The highest BCUT2D eigenvalue weighted by Gasteiger charge is 2.49. The fourth-order valence-corrected chi connectivity index (χ4v) is 1.82. The second kappa shape index (κ2) is 1.82. The van der Waals surface area contributed by atoms with Crippen LogP contribution in [-0.4, -0.2) is 29.8 Å². The lowest BCUT2D eigenvalue weighted by Crippen LogP contribution is -2.41. The third-order valence-electron chi connectivity index (χ3n) is 2.89. The van der Waals surface area contributed by atoms with Gasteiger partial charge in [0.05, 0.1) is 0 Å². The highest BCUT2D eigenvalue weighted by Crippen LogP contribution is 2.46. The molecule has 1 heterocycles. The molecule has 0 unspecified atom stereocenters. The van der Waals surface area contributed by atoms with Crippen LogP contribution in [0.15, 0.2) is 0 Å². The van der Waals surface area contributed by atoms with Gasteiger partial charge in [-0.1, -0.05) is 0 Å². The first-order chi connectivity index (χ1) is 4.73. The van der Waals surface area contributed by atoms with E-state index < -0.39 is 0 Å². The van der Waals surface area contributed by atoms with E-state index in [1.54, 1.807) is 0 Å².